The normalized spacial score (nSPS) is 15.6. The van der Waals surface area contributed by atoms with Crippen LogP contribution in [-0.2, 0) is 11.3 Å². The van der Waals surface area contributed by atoms with Gasteiger partial charge in [-0.3, -0.25) is 4.79 Å². The fraction of sp³-hybridized carbons (Fsp3) is 0.273. The Labute approximate surface area is 104 Å². The molecule has 1 heterocycles. The standard InChI is InChI=1S/C11H10Cl2N2O/c1-7-4-11(16)15(14-7)6-8-2-3-9(12)5-10(8)13/h2-3,5H,4,6H2,1H3. The quantitative estimate of drug-likeness (QED) is 0.801. The van der Waals surface area contributed by atoms with Crippen molar-refractivity contribution in [3.05, 3.63) is 33.8 Å². The summed E-state index contributed by atoms with van der Waals surface area (Å²) in [4.78, 5) is 11.5. The van der Waals surface area contributed by atoms with Gasteiger partial charge in [-0.25, -0.2) is 5.01 Å². The van der Waals surface area contributed by atoms with Gasteiger partial charge >= 0.3 is 0 Å². The van der Waals surface area contributed by atoms with E-state index in [1.165, 1.54) is 5.01 Å². The zero-order valence-corrected chi connectivity index (χ0v) is 10.2. The molecule has 1 aromatic rings. The first-order valence-electron chi connectivity index (χ1n) is 4.84. The average Bonchev–Trinajstić information content (AvgIpc) is 2.50. The minimum Gasteiger partial charge on any atom is -0.273 e. The number of nitrogens with zero attached hydrogens (tertiary/aromatic N) is 2. The van der Waals surface area contributed by atoms with E-state index in [4.69, 9.17) is 23.2 Å². The number of carbonyl (C=O) groups excluding carboxylic acids is 1. The van der Waals surface area contributed by atoms with Gasteiger partial charge in [0.15, 0.2) is 0 Å². The second-order valence-corrected chi connectivity index (χ2v) is 4.54. The number of rotatable bonds is 2. The Balaban J connectivity index is 2.18. The third-order valence-electron chi connectivity index (χ3n) is 2.32. The van der Waals surface area contributed by atoms with Crippen LogP contribution in [0.4, 0.5) is 0 Å². The molecule has 0 saturated carbocycles. The molecular weight excluding hydrogens is 247 g/mol. The van der Waals surface area contributed by atoms with Crippen LogP contribution in [0.3, 0.4) is 0 Å². The van der Waals surface area contributed by atoms with E-state index >= 15 is 0 Å². The zero-order valence-electron chi connectivity index (χ0n) is 8.70. The summed E-state index contributed by atoms with van der Waals surface area (Å²) >= 11 is 11.8. The minimum absolute atomic E-state index is 0.00326. The highest BCUT2D eigenvalue weighted by atomic mass is 35.5. The summed E-state index contributed by atoms with van der Waals surface area (Å²) in [6, 6.07) is 5.22. The van der Waals surface area contributed by atoms with E-state index < -0.39 is 0 Å². The van der Waals surface area contributed by atoms with Gasteiger partial charge in [0.2, 0.25) is 5.91 Å². The molecule has 5 heteroatoms. The highest BCUT2D eigenvalue weighted by molar-refractivity contribution is 6.35. The Hall–Kier alpha value is -1.06. The predicted molar refractivity (Wildman–Crippen MR) is 64.7 cm³/mol. The molecular formula is C11H10Cl2N2O. The zero-order chi connectivity index (χ0) is 11.7. The monoisotopic (exact) mass is 256 g/mol. The van der Waals surface area contributed by atoms with E-state index in [-0.39, 0.29) is 5.91 Å². The summed E-state index contributed by atoms with van der Waals surface area (Å²) in [5.74, 6) is 0.00326. The van der Waals surface area contributed by atoms with Gasteiger partial charge in [0.25, 0.3) is 0 Å². The van der Waals surface area contributed by atoms with Gasteiger partial charge < -0.3 is 0 Å². The van der Waals surface area contributed by atoms with Crippen molar-refractivity contribution in [1.82, 2.24) is 5.01 Å². The van der Waals surface area contributed by atoms with Crippen LogP contribution in [0.15, 0.2) is 23.3 Å². The van der Waals surface area contributed by atoms with Crippen LogP contribution in [0.25, 0.3) is 0 Å². The topological polar surface area (TPSA) is 32.7 Å². The molecule has 0 fully saturated rings. The molecule has 2 rings (SSSR count). The highest BCUT2D eigenvalue weighted by Crippen LogP contribution is 2.23. The number of halogens is 2. The lowest BCUT2D eigenvalue weighted by atomic mass is 10.2. The number of hydrogen-bond acceptors (Lipinski definition) is 2. The third-order valence-corrected chi connectivity index (χ3v) is 2.91. The average molecular weight is 257 g/mol. The molecule has 0 unspecified atom stereocenters. The Morgan fingerprint density at radius 3 is 2.75 bits per heavy atom. The molecule has 1 aromatic carbocycles. The Bertz CT molecular complexity index is 471. The molecule has 0 aromatic heterocycles. The van der Waals surface area contributed by atoms with Gasteiger partial charge in [-0.15, -0.1) is 0 Å². The fourth-order valence-corrected chi connectivity index (χ4v) is 2.01. The lowest BCUT2D eigenvalue weighted by molar-refractivity contribution is -0.129. The molecule has 0 saturated heterocycles. The van der Waals surface area contributed by atoms with Crippen LogP contribution in [-0.4, -0.2) is 16.6 Å². The lowest BCUT2D eigenvalue weighted by Gasteiger charge is -2.12. The lowest BCUT2D eigenvalue weighted by Crippen LogP contribution is -2.20. The minimum atomic E-state index is 0.00326. The van der Waals surface area contributed by atoms with E-state index in [0.717, 1.165) is 11.3 Å². The van der Waals surface area contributed by atoms with Crippen LogP contribution in [0.2, 0.25) is 10.0 Å². The summed E-state index contributed by atoms with van der Waals surface area (Å²) < 4.78 is 0. The van der Waals surface area contributed by atoms with Gasteiger partial charge in [-0.05, 0) is 24.6 Å². The van der Waals surface area contributed by atoms with E-state index in [0.29, 0.717) is 23.0 Å². The van der Waals surface area contributed by atoms with Crippen molar-refractivity contribution in [1.29, 1.82) is 0 Å². The maximum Gasteiger partial charge on any atom is 0.248 e. The summed E-state index contributed by atoms with van der Waals surface area (Å²) in [5, 5.41) is 6.71. The molecule has 0 N–H and O–H groups in total. The molecule has 84 valence electrons. The number of hydrogen-bond donors (Lipinski definition) is 0. The van der Waals surface area contributed by atoms with Gasteiger partial charge in [0, 0.05) is 15.8 Å². The molecule has 0 spiro atoms. The third kappa shape index (κ3) is 2.36. The molecule has 0 radical (unpaired) electrons. The van der Waals surface area contributed by atoms with Gasteiger partial charge in [0.1, 0.15) is 0 Å². The van der Waals surface area contributed by atoms with E-state index in [1.54, 1.807) is 18.2 Å². The van der Waals surface area contributed by atoms with Crippen molar-refractivity contribution in [2.75, 3.05) is 0 Å². The largest absolute Gasteiger partial charge is 0.273 e. The Morgan fingerprint density at radius 2 is 2.19 bits per heavy atom. The molecule has 0 bridgehead atoms. The predicted octanol–water partition coefficient (Wildman–Crippen LogP) is 3.10. The molecule has 0 atom stereocenters. The molecule has 1 aliphatic heterocycles. The molecule has 0 aliphatic carbocycles. The van der Waals surface area contributed by atoms with Crippen LogP contribution < -0.4 is 0 Å². The van der Waals surface area contributed by atoms with Crippen LogP contribution >= 0.6 is 23.2 Å². The van der Waals surface area contributed by atoms with Crippen molar-refractivity contribution >= 4 is 34.8 Å². The second kappa shape index (κ2) is 4.44. The first kappa shape index (κ1) is 11.4. The van der Waals surface area contributed by atoms with E-state index in [2.05, 4.69) is 5.10 Å². The fourth-order valence-electron chi connectivity index (χ4n) is 1.54. The van der Waals surface area contributed by atoms with Crippen molar-refractivity contribution in [3.8, 4) is 0 Å². The summed E-state index contributed by atoms with van der Waals surface area (Å²) in [5.41, 5.74) is 1.67. The van der Waals surface area contributed by atoms with Crippen LogP contribution in [0.5, 0.6) is 0 Å². The van der Waals surface area contributed by atoms with Gasteiger partial charge in [0.05, 0.1) is 13.0 Å². The van der Waals surface area contributed by atoms with Crippen LogP contribution in [0.1, 0.15) is 18.9 Å². The van der Waals surface area contributed by atoms with Gasteiger partial charge in [-0.1, -0.05) is 29.3 Å². The summed E-state index contributed by atoms with van der Waals surface area (Å²) in [6.45, 7) is 2.23. The molecule has 1 aliphatic rings. The maximum atomic E-state index is 11.5. The van der Waals surface area contributed by atoms with Crippen molar-refractivity contribution < 1.29 is 4.79 Å². The number of carbonyl (C=O) groups is 1. The number of amides is 1. The van der Waals surface area contributed by atoms with E-state index in [1.807, 2.05) is 6.92 Å². The van der Waals surface area contributed by atoms with Crippen molar-refractivity contribution in [2.24, 2.45) is 5.10 Å². The molecule has 1 amide bonds. The number of hydrazone groups is 1. The van der Waals surface area contributed by atoms with Gasteiger partial charge in [-0.2, -0.15) is 5.10 Å². The van der Waals surface area contributed by atoms with Crippen LogP contribution in [0, 0.1) is 0 Å². The highest BCUT2D eigenvalue weighted by Gasteiger charge is 2.21. The first-order chi connectivity index (χ1) is 7.56. The molecule has 16 heavy (non-hydrogen) atoms. The Morgan fingerprint density at radius 1 is 1.44 bits per heavy atom. The summed E-state index contributed by atoms with van der Waals surface area (Å²) in [6.07, 6.45) is 0.394. The SMILES string of the molecule is CC1=NN(Cc2ccc(Cl)cc2Cl)C(=O)C1. The van der Waals surface area contributed by atoms with Crippen molar-refractivity contribution in [2.45, 2.75) is 19.9 Å². The van der Waals surface area contributed by atoms with Crippen molar-refractivity contribution in [3.63, 3.8) is 0 Å². The smallest absolute Gasteiger partial charge is 0.248 e. The second-order valence-electron chi connectivity index (χ2n) is 3.70. The van der Waals surface area contributed by atoms with E-state index in [9.17, 15) is 4.79 Å². The maximum absolute atomic E-state index is 11.5. The first-order valence-corrected chi connectivity index (χ1v) is 5.60. The molecule has 3 nitrogen and oxygen atoms in total. The number of benzene rings is 1. The Kier molecular flexibility index (Phi) is 3.17. The summed E-state index contributed by atoms with van der Waals surface area (Å²) in [7, 11) is 0.